The molecule has 0 bridgehead atoms. The van der Waals surface area contributed by atoms with E-state index in [1.165, 1.54) is 12.8 Å². The number of sulfone groups is 1. The first-order valence-corrected chi connectivity index (χ1v) is 11.8. The third kappa shape index (κ3) is 6.06. The molecule has 0 aliphatic heterocycles. The van der Waals surface area contributed by atoms with Crippen LogP contribution in [0.1, 0.15) is 50.0 Å². The largest absolute Gasteiger partial charge is 0.497 e. The van der Waals surface area contributed by atoms with Gasteiger partial charge >= 0.3 is 0 Å². The first kappa shape index (κ1) is 21.4. The molecule has 1 aliphatic carbocycles. The number of aryl methyl sites for hydroxylation is 1. The summed E-state index contributed by atoms with van der Waals surface area (Å²) in [5.41, 5.74) is 1.06. The van der Waals surface area contributed by atoms with E-state index in [-0.39, 0.29) is 11.8 Å². The molecule has 1 fully saturated rings. The van der Waals surface area contributed by atoms with Gasteiger partial charge < -0.3 is 14.5 Å². The van der Waals surface area contributed by atoms with Crippen LogP contribution in [0, 0.1) is 6.92 Å². The van der Waals surface area contributed by atoms with Gasteiger partial charge in [-0.25, -0.2) is 13.4 Å². The molecular formula is C21H28N2O5S. The van der Waals surface area contributed by atoms with Crippen molar-refractivity contribution >= 4 is 15.7 Å². The summed E-state index contributed by atoms with van der Waals surface area (Å²) in [7, 11) is -2.07. The second-order valence-corrected chi connectivity index (χ2v) is 9.60. The number of hydrogen-bond acceptors (Lipinski definition) is 6. The molecule has 3 rings (SSSR count). The minimum atomic E-state index is -3.65. The van der Waals surface area contributed by atoms with Crippen LogP contribution >= 0.6 is 0 Å². The Balaban J connectivity index is 1.63. The third-order valence-corrected chi connectivity index (χ3v) is 6.57. The number of rotatable bonds is 7. The lowest BCUT2D eigenvalue weighted by Crippen LogP contribution is -2.38. The van der Waals surface area contributed by atoms with Crippen LogP contribution in [-0.4, -0.2) is 38.2 Å². The number of methoxy groups -OCH3 is 1. The lowest BCUT2D eigenvalue weighted by atomic mass is 10.1. The molecule has 1 amide bonds. The smallest absolute Gasteiger partial charge is 0.235 e. The average molecular weight is 421 g/mol. The second kappa shape index (κ2) is 9.43. The van der Waals surface area contributed by atoms with Gasteiger partial charge in [-0.1, -0.05) is 25.7 Å². The Bertz CT molecular complexity index is 926. The first-order chi connectivity index (χ1) is 13.9. The molecule has 0 radical (unpaired) electrons. The highest BCUT2D eigenvalue weighted by molar-refractivity contribution is 7.91. The minimum absolute atomic E-state index is 0.0793. The number of nitrogens with zero attached hydrogens (tertiary/aromatic N) is 1. The van der Waals surface area contributed by atoms with Crippen molar-refractivity contribution in [1.29, 1.82) is 0 Å². The molecule has 1 aromatic heterocycles. The predicted octanol–water partition coefficient (Wildman–Crippen LogP) is 3.41. The number of nitrogens with one attached hydrogen (secondary N) is 1. The molecule has 0 spiro atoms. The van der Waals surface area contributed by atoms with E-state index >= 15 is 0 Å². The lowest BCUT2D eigenvalue weighted by Gasteiger charge is -2.16. The van der Waals surface area contributed by atoms with Crippen LogP contribution < -0.4 is 10.1 Å². The third-order valence-electron chi connectivity index (χ3n) is 5.16. The number of oxazole rings is 1. The summed E-state index contributed by atoms with van der Waals surface area (Å²) in [5, 5.41) is 2.88. The minimum Gasteiger partial charge on any atom is -0.497 e. The molecule has 8 heteroatoms. The van der Waals surface area contributed by atoms with Crippen LogP contribution in [-0.2, 0) is 20.4 Å². The molecule has 2 aromatic rings. The van der Waals surface area contributed by atoms with E-state index < -0.39 is 21.5 Å². The zero-order valence-electron chi connectivity index (χ0n) is 16.9. The van der Waals surface area contributed by atoms with Gasteiger partial charge in [0.05, 0.1) is 18.6 Å². The molecular weight excluding hydrogens is 392 g/mol. The Morgan fingerprint density at radius 2 is 1.83 bits per heavy atom. The van der Waals surface area contributed by atoms with Crippen molar-refractivity contribution in [3.63, 3.8) is 0 Å². The summed E-state index contributed by atoms with van der Waals surface area (Å²) >= 11 is 0. The van der Waals surface area contributed by atoms with E-state index in [0.29, 0.717) is 23.1 Å². The van der Waals surface area contributed by atoms with Crippen LogP contribution in [0.5, 0.6) is 5.75 Å². The number of ether oxygens (including phenoxy) is 1. The summed E-state index contributed by atoms with van der Waals surface area (Å²) in [6, 6.07) is 7.23. The Hall–Kier alpha value is -2.35. The number of benzene rings is 1. The number of carbonyl (C=O) groups is 1. The van der Waals surface area contributed by atoms with Crippen molar-refractivity contribution in [3.8, 4) is 17.2 Å². The second-order valence-electron chi connectivity index (χ2n) is 7.54. The molecule has 7 nitrogen and oxygen atoms in total. The Labute approximate surface area is 171 Å². The molecule has 158 valence electrons. The van der Waals surface area contributed by atoms with Gasteiger partial charge in [-0.3, -0.25) is 4.79 Å². The van der Waals surface area contributed by atoms with E-state index in [2.05, 4.69) is 10.3 Å². The van der Waals surface area contributed by atoms with Crippen molar-refractivity contribution in [2.75, 3.05) is 12.9 Å². The fourth-order valence-corrected chi connectivity index (χ4v) is 4.84. The number of carbonyl (C=O) groups excluding carboxylic acids is 1. The van der Waals surface area contributed by atoms with E-state index in [1.807, 2.05) is 0 Å². The zero-order valence-corrected chi connectivity index (χ0v) is 17.8. The van der Waals surface area contributed by atoms with E-state index in [1.54, 1.807) is 38.3 Å². The van der Waals surface area contributed by atoms with Crippen LogP contribution in [0.2, 0.25) is 0 Å². The van der Waals surface area contributed by atoms with Crippen molar-refractivity contribution in [1.82, 2.24) is 10.3 Å². The van der Waals surface area contributed by atoms with E-state index in [0.717, 1.165) is 31.2 Å². The van der Waals surface area contributed by atoms with Crippen molar-refractivity contribution in [3.05, 3.63) is 35.7 Å². The topological polar surface area (TPSA) is 98.5 Å². The molecule has 0 saturated heterocycles. The summed E-state index contributed by atoms with van der Waals surface area (Å²) < 4.78 is 35.9. The summed E-state index contributed by atoms with van der Waals surface area (Å²) in [5.74, 6) is 0.194. The summed E-state index contributed by atoms with van der Waals surface area (Å²) in [4.78, 5) is 16.6. The Kier molecular flexibility index (Phi) is 6.95. The fourth-order valence-electron chi connectivity index (χ4n) is 3.57. The number of aromatic nitrogens is 1. The first-order valence-electron chi connectivity index (χ1n) is 9.97. The van der Waals surface area contributed by atoms with Gasteiger partial charge in [0.2, 0.25) is 11.8 Å². The monoisotopic (exact) mass is 420 g/mol. The predicted molar refractivity (Wildman–Crippen MR) is 110 cm³/mol. The lowest BCUT2D eigenvalue weighted by molar-refractivity contribution is -0.119. The van der Waals surface area contributed by atoms with Gasteiger partial charge in [0.1, 0.15) is 17.3 Å². The average Bonchev–Trinajstić information content (AvgIpc) is 2.87. The number of hydrogen-bond donors (Lipinski definition) is 1. The van der Waals surface area contributed by atoms with Gasteiger partial charge in [0.25, 0.3) is 0 Å². The van der Waals surface area contributed by atoms with Crippen molar-refractivity contribution < 1.29 is 22.4 Å². The van der Waals surface area contributed by atoms with Crippen molar-refractivity contribution in [2.24, 2.45) is 0 Å². The fraction of sp³-hybridized carbons (Fsp3) is 0.524. The van der Waals surface area contributed by atoms with Crippen LogP contribution in [0.4, 0.5) is 0 Å². The highest BCUT2D eigenvalue weighted by atomic mass is 32.2. The van der Waals surface area contributed by atoms with Crippen LogP contribution in [0.3, 0.4) is 0 Å². The Morgan fingerprint density at radius 3 is 2.45 bits per heavy atom. The van der Waals surface area contributed by atoms with Crippen molar-refractivity contribution in [2.45, 2.75) is 57.2 Å². The maximum absolute atomic E-state index is 12.5. The van der Waals surface area contributed by atoms with Gasteiger partial charge in [-0.15, -0.1) is 0 Å². The highest BCUT2D eigenvalue weighted by Crippen LogP contribution is 2.25. The normalized spacial score (nSPS) is 15.7. The molecule has 29 heavy (non-hydrogen) atoms. The van der Waals surface area contributed by atoms with Gasteiger partial charge in [0, 0.05) is 11.6 Å². The van der Waals surface area contributed by atoms with Gasteiger partial charge in [0.15, 0.2) is 9.84 Å². The maximum atomic E-state index is 12.5. The van der Waals surface area contributed by atoms with Crippen LogP contribution in [0.25, 0.3) is 11.5 Å². The molecule has 1 heterocycles. The zero-order chi connectivity index (χ0) is 20.9. The quantitative estimate of drug-likeness (QED) is 0.689. The standard InChI is InChI=1S/C21H28N2O5S/c1-15-19(23-21(28-15)16-9-11-18(27-2)12-10-16)13-29(25,26)14-20(24)22-17-7-5-3-4-6-8-17/h9-12,17H,3-8,13-14H2,1-2H3,(H,22,24). The molecule has 0 unspecified atom stereocenters. The molecule has 0 atom stereocenters. The summed E-state index contributed by atoms with van der Waals surface area (Å²) in [6.07, 6.45) is 6.33. The molecule has 1 aromatic carbocycles. The van der Waals surface area contributed by atoms with Gasteiger partial charge in [-0.05, 0) is 44.0 Å². The highest BCUT2D eigenvalue weighted by Gasteiger charge is 2.24. The number of amides is 1. The molecule has 1 aliphatic rings. The van der Waals surface area contributed by atoms with E-state index in [4.69, 9.17) is 9.15 Å². The molecule has 1 N–H and O–H groups in total. The maximum Gasteiger partial charge on any atom is 0.235 e. The summed E-state index contributed by atoms with van der Waals surface area (Å²) in [6.45, 7) is 1.68. The van der Waals surface area contributed by atoms with Crippen LogP contribution in [0.15, 0.2) is 28.7 Å². The Morgan fingerprint density at radius 1 is 1.17 bits per heavy atom. The van der Waals surface area contributed by atoms with E-state index in [9.17, 15) is 13.2 Å². The molecule has 1 saturated carbocycles. The van der Waals surface area contributed by atoms with Gasteiger partial charge in [-0.2, -0.15) is 0 Å². The SMILES string of the molecule is COc1ccc(-c2nc(CS(=O)(=O)CC(=O)NC3CCCCCC3)c(C)o2)cc1.